The number of hydrogen-bond acceptors (Lipinski definition) is 5. The zero-order valence-corrected chi connectivity index (χ0v) is 19.4. The van der Waals surface area contributed by atoms with E-state index in [2.05, 4.69) is 9.88 Å². The van der Waals surface area contributed by atoms with Gasteiger partial charge in [-0.1, -0.05) is 42.5 Å². The van der Waals surface area contributed by atoms with E-state index in [0.29, 0.717) is 38.2 Å². The summed E-state index contributed by atoms with van der Waals surface area (Å²) in [5, 5.41) is 2.94. The highest BCUT2D eigenvalue weighted by molar-refractivity contribution is 7.17. The number of anilines is 1. The van der Waals surface area contributed by atoms with Gasteiger partial charge >= 0.3 is 0 Å². The molecule has 0 radical (unpaired) electrons. The summed E-state index contributed by atoms with van der Waals surface area (Å²) in [7, 11) is 0. The van der Waals surface area contributed by atoms with E-state index in [1.54, 1.807) is 40.6 Å². The van der Waals surface area contributed by atoms with Crippen LogP contribution in [0.15, 0.2) is 72.2 Å². The van der Waals surface area contributed by atoms with Gasteiger partial charge in [0.05, 0.1) is 6.42 Å². The van der Waals surface area contributed by atoms with Crippen LogP contribution in [0.1, 0.15) is 21.5 Å². The fourth-order valence-corrected chi connectivity index (χ4v) is 5.25. The Labute approximate surface area is 201 Å². The maximum absolute atomic E-state index is 13.9. The van der Waals surface area contributed by atoms with Crippen LogP contribution in [0.3, 0.4) is 0 Å². The Bertz CT molecular complexity index is 1330. The number of piperazine rings is 1. The third-order valence-corrected chi connectivity index (χ3v) is 7.17. The van der Waals surface area contributed by atoms with Crippen molar-refractivity contribution in [1.82, 2.24) is 9.88 Å². The van der Waals surface area contributed by atoms with Gasteiger partial charge in [0.25, 0.3) is 0 Å². The van der Waals surface area contributed by atoms with Crippen LogP contribution in [-0.4, -0.2) is 47.8 Å². The summed E-state index contributed by atoms with van der Waals surface area (Å²) in [6.07, 6.45) is 2.15. The minimum Gasteiger partial charge on any atom is -0.353 e. The largest absolute Gasteiger partial charge is 0.353 e. The van der Waals surface area contributed by atoms with Gasteiger partial charge in [-0.2, -0.15) is 0 Å². The number of carbonyl (C=O) groups excluding carboxylic acids is 2. The van der Waals surface area contributed by atoms with E-state index < -0.39 is 0 Å². The van der Waals surface area contributed by atoms with Gasteiger partial charge in [0.2, 0.25) is 5.91 Å². The Kier molecular flexibility index (Phi) is 6.36. The molecule has 1 fully saturated rings. The molecule has 1 aliphatic heterocycles. The number of rotatable bonds is 6. The molecule has 0 N–H and O–H groups in total. The first kappa shape index (κ1) is 22.2. The highest BCUT2D eigenvalue weighted by Crippen LogP contribution is 2.27. The molecule has 0 unspecified atom stereocenters. The SMILES string of the molecule is O=C(Cc1ccc(N2CCN(C(=O)Cc3ccccc3F)CC2)nc1)c1csc2ccccc12. The zero-order valence-electron chi connectivity index (χ0n) is 18.6. The average Bonchev–Trinajstić information content (AvgIpc) is 3.30. The summed E-state index contributed by atoms with van der Waals surface area (Å²) in [6, 6.07) is 18.2. The van der Waals surface area contributed by atoms with Gasteiger partial charge in [-0.25, -0.2) is 9.37 Å². The number of nitrogens with zero attached hydrogens (tertiary/aromatic N) is 3. The average molecular weight is 474 g/mol. The number of halogens is 1. The summed E-state index contributed by atoms with van der Waals surface area (Å²) in [4.78, 5) is 33.9. The molecule has 172 valence electrons. The molecule has 4 aromatic rings. The van der Waals surface area contributed by atoms with Crippen LogP contribution in [0.2, 0.25) is 0 Å². The molecular weight excluding hydrogens is 449 g/mol. The number of thiophene rings is 1. The van der Waals surface area contributed by atoms with Crippen LogP contribution in [0.4, 0.5) is 10.2 Å². The number of carbonyl (C=O) groups is 2. The van der Waals surface area contributed by atoms with Gasteiger partial charge in [-0.05, 0) is 29.3 Å². The van der Waals surface area contributed by atoms with Crippen LogP contribution in [0, 0.1) is 5.82 Å². The fourth-order valence-electron chi connectivity index (χ4n) is 4.28. The van der Waals surface area contributed by atoms with Crippen LogP contribution >= 0.6 is 11.3 Å². The molecule has 0 spiro atoms. The monoisotopic (exact) mass is 473 g/mol. The standard InChI is InChI=1S/C27H24FN3O2S/c28-23-7-3-1-5-20(23)16-27(33)31-13-11-30(12-14-31)26-10-9-19(17-29-26)15-24(32)22-18-34-25-8-4-2-6-21(22)25/h1-10,17-18H,11-16H2. The van der Waals surface area contributed by atoms with Gasteiger partial charge in [-0.15, -0.1) is 11.3 Å². The number of fused-ring (bicyclic) bond motifs is 1. The molecular formula is C27H24FN3O2S. The zero-order chi connectivity index (χ0) is 23.5. The number of hydrogen-bond donors (Lipinski definition) is 0. The lowest BCUT2D eigenvalue weighted by Gasteiger charge is -2.35. The highest BCUT2D eigenvalue weighted by Gasteiger charge is 2.23. The van der Waals surface area contributed by atoms with E-state index in [4.69, 9.17) is 0 Å². The third-order valence-electron chi connectivity index (χ3n) is 6.21. The molecule has 1 amide bonds. The van der Waals surface area contributed by atoms with Crippen LogP contribution in [-0.2, 0) is 17.6 Å². The lowest BCUT2D eigenvalue weighted by molar-refractivity contribution is -0.130. The predicted octanol–water partition coefficient (Wildman–Crippen LogP) is 4.75. The topological polar surface area (TPSA) is 53.5 Å². The molecule has 0 aliphatic carbocycles. The summed E-state index contributed by atoms with van der Waals surface area (Å²) in [6.45, 7) is 2.46. The fraction of sp³-hybridized carbons (Fsp3) is 0.222. The molecule has 5 nitrogen and oxygen atoms in total. The first-order valence-electron chi connectivity index (χ1n) is 11.3. The predicted molar refractivity (Wildman–Crippen MR) is 133 cm³/mol. The summed E-state index contributed by atoms with van der Waals surface area (Å²) in [5.41, 5.74) is 2.07. The number of pyridine rings is 1. The number of benzene rings is 2. The summed E-state index contributed by atoms with van der Waals surface area (Å²) >= 11 is 1.59. The Morgan fingerprint density at radius 1 is 0.912 bits per heavy atom. The second-order valence-corrected chi connectivity index (χ2v) is 9.32. The van der Waals surface area contributed by atoms with Gasteiger partial charge < -0.3 is 9.80 Å². The Morgan fingerprint density at radius 2 is 1.68 bits per heavy atom. The van der Waals surface area contributed by atoms with E-state index >= 15 is 0 Å². The summed E-state index contributed by atoms with van der Waals surface area (Å²) < 4.78 is 15.0. The molecule has 0 bridgehead atoms. The van der Waals surface area contributed by atoms with Crippen molar-refractivity contribution in [3.05, 3.63) is 94.7 Å². The van der Waals surface area contributed by atoms with Crippen molar-refractivity contribution in [3.8, 4) is 0 Å². The molecule has 2 aromatic carbocycles. The Morgan fingerprint density at radius 3 is 2.44 bits per heavy atom. The molecule has 0 atom stereocenters. The first-order valence-corrected chi connectivity index (χ1v) is 12.2. The third kappa shape index (κ3) is 4.70. The van der Waals surface area contributed by atoms with Crippen molar-refractivity contribution in [2.24, 2.45) is 0 Å². The van der Waals surface area contributed by atoms with Crippen LogP contribution in [0.25, 0.3) is 10.1 Å². The minimum absolute atomic E-state index is 0.0625. The van der Waals surface area contributed by atoms with E-state index in [-0.39, 0.29) is 23.9 Å². The number of amides is 1. The maximum atomic E-state index is 13.9. The van der Waals surface area contributed by atoms with Gasteiger partial charge in [-0.3, -0.25) is 9.59 Å². The lowest BCUT2D eigenvalue weighted by atomic mass is 10.0. The molecule has 0 saturated carbocycles. The molecule has 5 rings (SSSR count). The quantitative estimate of drug-likeness (QED) is 0.379. The number of aromatic nitrogens is 1. The van der Waals surface area contributed by atoms with Crippen molar-refractivity contribution in [2.75, 3.05) is 31.1 Å². The molecule has 7 heteroatoms. The maximum Gasteiger partial charge on any atom is 0.227 e. The molecule has 1 aliphatic rings. The van der Waals surface area contributed by atoms with E-state index in [0.717, 1.165) is 27.0 Å². The first-order chi connectivity index (χ1) is 16.6. The highest BCUT2D eigenvalue weighted by atomic mass is 32.1. The number of Topliss-reactive ketones (excluding diaryl/α,β-unsaturated/α-hetero) is 1. The van der Waals surface area contributed by atoms with Gasteiger partial charge in [0.1, 0.15) is 11.6 Å². The number of ketones is 1. The molecule has 2 aromatic heterocycles. The normalized spacial score (nSPS) is 13.9. The second-order valence-electron chi connectivity index (χ2n) is 8.41. The Hall–Kier alpha value is -3.58. The lowest BCUT2D eigenvalue weighted by Crippen LogP contribution is -2.49. The second kappa shape index (κ2) is 9.73. The van der Waals surface area contributed by atoms with Crippen molar-refractivity contribution in [1.29, 1.82) is 0 Å². The van der Waals surface area contributed by atoms with Crippen molar-refractivity contribution < 1.29 is 14.0 Å². The van der Waals surface area contributed by atoms with Crippen molar-refractivity contribution in [2.45, 2.75) is 12.8 Å². The molecule has 34 heavy (non-hydrogen) atoms. The van der Waals surface area contributed by atoms with Crippen LogP contribution in [0.5, 0.6) is 0 Å². The van der Waals surface area contributed by atoms with E-state index in [1.165, 1.54) is 6.07 Å². The van der Waals surface area contributed by atoms with Crippen molar-refractivity contribution in [3.63, 3.8) is 0 Å². The van der Waals surface area contributed by atoms with E-state index in [1.807, 2.05) is 41.8 Å². The summed E-state index contributed by atoms with van der Waals surface area (Å²) in [5.74, 6) is 0.518. The van der Waals surface area contributed by atoms with Crippen molar-refractivity contribution >= 4 is 38.9 Å². The van der Waals surface area contributed by atoms with Gasteiger partial charge in [0, 0.05) is 59.8 Å². The smallest absolute Gasteiger partial charge is 0.227 e. The molecule has 3 heterocycles. The minimum atomic E-state index is -0.343. The van der Waals surface area contributed by atoms with Crippen LogP contribution < -0.4 is 4.90 Å². The van der Waals surface area contributed by atoms with Gasteiger partial charge in [0.15, 0.2) is 5.78 Å². The van der Waals surface area contributed by atoms with E-state index in [9.17, 15) is 14.0 Å². The Balaban J connectivity index is 1.17. The molecule has 1 saturated heterocycles.